The van der Waals surface area contributed by atoms with Crippen molar-refractivity contribution in [2.45, 2.75) is 6.42 Å². The van der Waals surface area contributed by atoms with Gasteiger partial charge < -0.3 is 9.47 Å². The number of carbonyl (C=O) groups excluding carboxylic acids is 1. The highest BCUT2D eigenvalue weighted by atomic mass is 16.5. The number of carbonyl (C=O) groups is 1. The van der Waals surface area contributed by atoms with E-state index in [0.29, 0.717) is 23.5 Å². The van der Waals surface area contributed by atoms with Gasteiger partial charge in [0.2, 0.25) is 0 Å². The third-order valence-corrected chi connectivity index (χ3v) is 2.79. The summed E-state index contributed by atoms with van der Waals surface area (Å²) in [5, 5.41) is 0. The summed E-state index contributed by atoms with van der Waals surface area (Å²) in [6, 6.07) is 8.86. The number of hydrogen-bond donors (Lipinski definition) is 0. The third-order valence-electron chi connectivity index (χ3n) is 2.79. The molecule has 0 aliphatic rings. The van der Waals surface area contributed by atoms with Gasteiger partial charge in [-0.3, -0.25) is 9.78 Å². The molecule has 0 unspecified atom stereocenters. The number of ether oxygens (including phenoxy) is 2. The fourth-order valence-electron chi connectivity index (χ4n) is 1.80. The third kappa shape index (κ3) is 3.10. The van der Waals surface area contributed by atoms with Gasteiger partial charge in [0, 0.05) is 24.4 Å². The van der Waals surface area contributed by atoms with E-state index < -0.39 is 0 Å². The lowest BCUT2D eigenvalue weighted by atomic mass is 10.0. The highest BCUT2D eigenvalue weighted by molar-refractivity contribution is 5.98. The Balaban J connectivity index is 2.20. The molecule has 1 aromatic heterocycles. The SMILES string of the molecule is COc1ccc(C(=O)Cc2cccnc2)cc1OC. The van der Waals surface area contributed by atoms with Crippen LogP contribution in [-0.4, -0.2) is 25.0 Å². The molecule has 0 N–H and O–H groups in total. The second kappa shape index (κ2) is 6.00. The zero-order valence-corrected chi connectivity index (χ0v) is 10.9. The topological polar surface area (TPSA) is 48.4 Å². The fraction of sp³-hybridized carbons (Fsp3) is 0.200. The van der Waals surface area contributed by atoms with Crippen LogP contribution in [-0.2, 0) is 6.42 Å². The molecule has 2 aromatic rings. The van der Waals surface area contributed by atoms with Gasteiger partial charge in [-0.1, -0.05) is 6.07 Å². The van der Waals surface area contributed by atoms with E-state index in [1.54, 1.807) is 44.8 Å². The first kappa shape index (κ1) is 13.1. The van der Waals surface area contributed by atoms with E-state index in [4.69, 9.17) is 9.47 Å². The number of pyridine rings is 1. The average Bonchev–Trinajstić information content (AvgIpc) is 2.47. The van der Waals surface area contributed by atoms with Crippen molar-refractivity contribution < 1.29 is 14.3 Å². The summed E-state index contributed by atoms with van der Waals surface area (Å²) in [5.41, 5.74) is 1.49. The molecule has 0 aliphatic heterocycles. The van der Waals surface area contributed by atoms with Gasteiger partial charge in [0.15, 0.2) is 17.3 Å². The van der Waals surface area contributed by atoms with Crippen molar-refractivity contribution >= 4 is 5.78 Å². The van der Waals surface area contributed by atoms with Crippen molar-refractivity contribution in [1.82, 2.24) is 4.98 Å². The maximum Gasteiger partial charge on any atom is 0.167 e. The number of ketones is 1. The predicted octanol–water partition coefficient (Wildman–Crippen LogP) is 2.52. The first-order chi connectivity index (χ1) is 9.24. The Labute approximate surface area is 112 Å². The highest BCUT2D eigenvalue weighted by Crippen LogP contribution is 2.27. The molecular formula is C15H15NO3. The van der Waals surface area contributed by atoms with Crippen molar-refractivity contribution in [3.8, 4) is 11.5 Å². The van der Waals surface area contributed by atoms with Crippen LogP contribution in [0.15, 0.2) is 42.7 Å². The van der Waals surface area contributed by atoms with E-state index in [-0.39, 0.29) is 5.78 Å². The number of rotatable bonds is 5. The molecule has 0 spiro atoms. The zero-order chi connectivity index (χ0) is 13.7. The molecule has 1 aromatic carbocycles. The molecule has 0 radical (unpaired) electrons. The van der Waals surface area contributed by atoms with Crippen molar-refractivity contribution in [1.29, 1.82) is 0 Å². The first-order valence-corrected chi connectivity index (χ1v) is 5.88. The summed E-state index contributed by atoms with van der Waals surface area (Å²) < 4.78 is 10.3. The Bertz CT molecular complexity index is 567. The summed E-state index contributed by atoms with van der Waals surface area (Å²) in [6.45, 7) is 0. The van der Waals surface area contributed by atoms with Gasteiger partial charge in [-0.25, -0.2) is 0 Å². The minimum Gasteiger partial charge on any atom is -0.493 e. The van der Waals surface area contributed by atoms with Crippen molar-refractivity contribution in [3.05, 3.63) is 53.9 Å². The van der Waals surface area contributed by atoms with Crippen LogP contribution in [0.2, 0.25) is 0 Å². The standard InChI is InChI=1S/C15H15NO3/c1-18-14-6-5-12(9-15(14)19-2)13(17)8-11-4-3-7-16-10-11/h3-7,9-10H,8H2,1-2H3. The molecule has 98 valence electrons. The largest absolute Gasteiger partial charge is 0.493 e. The lowest BCUT2D eigenvalue weighted by Gasteiger charge is -2.09. The Morgan fingerprint density at radius 3 is 2.58 bits per heavy atom. The van der Waals surface area contributed by atoms with E-state index in [2.05, 4.69) is 4.98 Å². The Kier molecular flexibility index (Phi) is 4.13. The normalized spacial score (nSPS) is 10.0. The molecule has 4 heteroatoms. The second-order valence-electron chi connectivity index (χ2n) is 4.03. The first-order valence-electron chi connectivity index (χ1n) is 5.88. The zero-order valence-electron chi connectivity index (χ0n) is 10.9. The molecule has 4 nitrogen and oxygen atoms in total. The van der Waals surface area contributed by atoms with E-state index in [1.165, 1.54) is 0 Å². The molecule has 0 atom stereocenters. The fourth-order valence-corrected chi connectivity index (χ4v) is 1.80. The van der Waals surface area contributed by atoms with Crippen LogP contribution in [0.4, 0.5) is 0 Å². The molecule has 0 saturated heterocycles. The molecule has 0 bridgehead atoms. The number of methoxy groups -OCH3 is 2. The lowest BCUT2D eigenvalue weighted by Crippen LogP contribution is -2.04. The van der Waals surface area contributed by atoms with Crippen LogP contribution < -0.4 is 9.47 Å². The smallest absolute Gasteiger partial charge is 0.167 e. The summed E-state index contributed by atoms with van der Waals surface area (Å²) in [5.74, 6) is 1.19. The van der Waals surface area contributed by atoms with Crippen LogP contribution in [0.25, 0.3) is 0 Å². The van der Waals surface area contributed by atoms with E-state index in [9.17, 15) is 4.79 Å². The van der Waals surface area contributed by atoms with Crippen molar-refractivity contribution in [2.24, 2.45) is 0 Å². The van der Waals surface area contributed by atoms with Crippen molar-refractivity contribution in [2.75, 3.05) is 14.2 Å². The quantitative estimate of drug-likeness (QED) is 0.772. The minimum atomic E-state index is 0.0222. The number of Topliss-reactive ketones (excluding diaryl/α,β-unsaturated/α-hetero) is 1. The Hall–Kier alpha value is -2.36. The monoisotopic (exact) mass is 257 g/mol. The molecular weight excluding hydrogens is 242 g/mol. The number of hydrogen-bond acceptors (Lipinski definition) is 4. The summed E-state index contributed by atoms with van der Waals surface area (Å²) in [7, 11) is 3.11. The van der Waals surface area contributed by atoms with E-state index in [0.717, 1.165) is 5.56 Å². The molecule has 0 fully saturated rings. The van der Waals surface area contributed by atoms with Gasteiger partial charge in [0.25, 0.3) is 0 Å². The van der Waals surface area contributed by atoms with Crippen LogP contribution in [0.1, 0.15) is 15.9 Å². The number of nitrogens with zero attached hydrogens (tertiary/aromatic N) is 1. The minimum absolute atomic E-state index is 0.0222. The average molecular weight is 257 g/mol. The van der Waals surface area contributed by atoms with Gasteiger partial charge in [-0.05, 0) is 29.8 Å². The van der Waals surface area contributed by atoms with Crippen LogP contribution >= 0.6 is 0 Å². The van der Waals surface area contributed by atoms with Gasteiger partial charge in [0.05, 0.1) is 14.2 Å². The molecule has 0 saturated carbocycles. The molecule has 1 heterocycles. The van der Waals surface area contributed by atoms with Gasteiger partial charge in [-0.15, -0.1) is 0 Å². The van der Waals surface area contributed by atoms with E-state index >= 15 is 0 Å². The molecule has 2 rings (SSSR count). The van der Waals surface area contributed by atoms with Gasteiger partial charge in [-0.2, -0.15) is 0 Å². The summed E-state index contributed by atoms with van der Waals surface area (Å²) in [6.07, 6.45) is 3.70. The van der Waals surface area contributed by atoms with Crippen LogP contribution in [0.5, 0.6) is 11.5 Å². The van der Waals surface area contributed by atoms with Crippen LogP contribution in [0.3, 0.4) is 0 Å². The Morgan fingerprint density at radius 2 is 1.95 bits per heavy atom. The highest BCUT2D eigenvalue weighted by Gasteiger charge is 2.11. The van der Waals surface area contributed by atoms with E-state index in [1.807, 2.05) is 12.1 Å². The van der Waals surface area contributed by atoms with Crippen molar-refractivity contribution in [3.63, 3.8) is 0 Å². The van der Waals surface area contributed by atoms with Crippen LogP contribution in [0, 0.1) is 0 Å². The molecule has 0 amide bonds. The number of benzene rings is 1. The predicted molar refractivity (Wildman–Crippen MR) is 71.8 cm³/mol. The molecule has 19 heavy (non-hydrogen) atoms. The van der Waals surface area contributed by atoms with Gasteiger partial charge in [0.1, 0.15) is 0 Å². The summed E-state index contributed by atoms with van der Waals surface area (Å²) in [4.78, 5) is 16.2. The maximum atomic E-state index is 12.2. The summed E-state index contributed by atoms with van der Waals surface area (Å²) >= 11 is 0. The number of aromatic nitrogens is 1. The molecule has 0 aliphatic carbocycles. The van der Waals surface area contributed by atoms with Gasteiger partial charge >= 0.3 is 0 Å². The second-order valence-corrected chi connectivity index (χ2v) is 4.03. The maximum absolute atomic E-state index is 12.2. The Morgan fingerprint density at radius 1 is 1.16 bits per heavy atom. The lowest BCUT2D eigenvalue weighted by molar-refractivity contribution is 0.0992.